The summed E-state index contributed by atoms with van der Waals surface area (Å²) in [4.78, 5) is 15.1. The molecule has 0 unspecified atom stereocenters. The molecule has 0 aromatic heterocycles. The second-order valence-corrected chi connectivity index (χ2v) is 8.87. The van der Waals surface area contributed by atoms with E-state index in [0.29, 0.717) is 18.7 Å². The molecular formula is C29H34N2O2. The topological polar surface area (TPSA) is 41.6 Å². The van der Waals surface area contributed by atoms with Gasteiger partial charge in [-0.2, -0.15) is 0 Å². The van der Waals surface area contributed by atoms with Crippen molar-refractivity contribution < 1.29 is 9.53 Å². The van der Waals surface area contributed by atoms with Crippen LogP contribution in [0.2, 0.25) is 0 Å². The molecule has 0 radical (unpaired) electrons. The van der Waals surface area contributed by atoms with Gasteiger partial charge in [-0.25, -0.2) is 0 Å². The van der Waals surface area contributed by atoms with Crippen molar-refractivity contribution in [2.45, 2.75) is 39.3 Å². The van der Waals surface area contributed by atoms with Crippen LogP contribution in [0, 0.1) is 5.92 Å². The zero-order chi connectivity index (χ0) is 22.9. The summed E-state index contributed by atoms with van der Waals surface area (Å²) in [5.74, 6) is 1.59. The van der Waals surface area contributed by atoms with Gasteiger partial charge in [-0.05, 0) is 86.1 Å². The molecule has 1 aliphatic heterocycles. The minimum absolute atomic E-state index is 0.0443. The summed E-state index contributed by atoms with van der Waals surface area (Å²) in [5, 5.41) is 3.00. The van der Waals surface area contributed by atoms with Crippen molar-refractivity contribution in [1.29, 1.82) is 0 Å². The number of carbonyl (C=O) groups is 1. The van der Waals surface area contributed by atoms with Gasteiger partial charge in [0, 0.05) is 18.7 Å². The summed E-state index contributed by atoms with van der Waals surface area (Å²) in [5.41, 5.74) is 4.47. The van der Waals surface area contributed by atoms with E-state index >= 15 is 0 Å². The van der Waals surface area contributed by atoms with Crippen molar-refractivity contribution in [3.63, 3.8) is 0 Å². The quantitative estimate of drug-likeness (QED) is 0.478. The fourth-order valence-electron chi connectivity index (χ4n) is 4.47. The second kappa shape index (κ2) is 11.7. The first-order valence-electron chi connectivity index (χ1n) is 12.0. The Kier molecular flexibility index (Phi) is 8.15. The van der Waals surface area contributed by atoms with Gasteiger partial charge in [-0.3, -0.25) is 9.69 Å². The number of rotatable bonds is 9. The molecule has 4 nitrogen and oxygen atoms in total. The molecule has 1 amide bonds. The highest BCUT2D eigenvalue weighted by molar-refractivity contribution is 5.94. The first kappa shape index (κ1) is 23.1. The zero-order valence-electron chi connectivity index (χ0n) is 19.5. The molecule has 4 heteroatoms. The number of piperidine rings is 1. The number of likely N-dealkylation sites (tertiary alicyclic amines) is 1. The SMILES string of the molecule is CCOc1ccc(CNC(=O)c2ccc(CN3CCC(Cc4ccccc4)CC3)cc2)cc1. The van der Waals surface area contributed by atoms with Gasteiger partial charge in [0.25, 0.3) is 5.91 Å². The van der Waals surface area contributed by atoms with Crippen molar-refractivity contribution in [3.05, 3.63) is 101 Å². The molecule has 1 saturated heterocycles. The van der Waals surface area contributed by atoms with E-state index in [1.165, 1.54) is 30.4 Å². The summed E-state index contributed by atoms with van der Waals surface area (Å²) in [6.45, 7) is 6.35. The first-order chi connectivity index (χ1) is 16.2. The van der Waals surface area contributed by atoms with Gasteiger partial charge in [-0.15, -0.1) is 0 Å². The average molecular weight is 443 g/mol. The van der Waals surface area contributed by atoms with Crippen LogP contribution in [-0.4, -0.2) is 30.5 Å². The lowest BCUT2D eigenvalue weighted by Gasteiger charge is -2.32. The summed E-state index contributed by atoms with van der Waals surface area (Å²) in [6, 6.07) is 26.7. The summed E-state index contributed by atoms with van der Waals surface area (Å²) in [7, 11) is 0. The molecule has 3 aromatic carbocycles. The summed E-state index contributed by atoms with van der Waals surface area (Å²) < 4.78 is 5.46. The molecular weight excluding hydrogens is 408 g/mol. The highest BCUT2D eigenvalue weighted by Crippen LogP contribution is 2.23. The summed E-state index contributed by atoms with van der Waals surface area (Å²) in [6.07, 6.45) is 3.69. The molecule has 172 valence electrons. The molecule has 1 fully saturated rings. The molecule has 0 saturated carbocycles. The smallest absolute Gasteiger partial charge is 0.251 e. The maximum Gasteiger partial charge on any atom is 0.251 e. The number of amides is 1. The number of nitrogens with zero attached hydrogens (tertiary/aromatic N) is 1. The van der Waals surface area contributed by atoms with Gasteiger partial charge in [0.1, 0.15) is 5.75 Å². The Hall–Kier alpha value is -3.11. The van der Waals surface area contributed by atoms with Crippen molar-refractivity contribution in [3.8, 4) is 5.75 Å². The lowest BCUT2D eigenvalue weighted by atomic mass is 9.90. The predicted molar refractivity (Wildman–Crippen MR) is 133 cm³/mol. The fourth-order valence-corrected chi connectivity index (χ4v) is 4.47. The van der Waals surface area contributed by atoms with Crippen LogP contribution in [0.15, 0.2) is 78.9 Å². The van der Waals surface area contributed by atoms with Gasteiger partial charge in [0.05, 0.1) is 6.61 Å². The zero-order valence-corrected chi connectivity index (χ0v) is 19.5. The molecule has 4 rings (SSSR count). The van der Waals surface area contributed by atoms with E-state index in [2.05, 4.69) is 52.7 Å². The molecule has 3 aromatic rings. The lowest BCUT2D eigenvalue weighted by molar-refractivity contribution is 0.0951. The molecule has 1 N–H and O–H groups in total. The third kappa shape index (κ3) is 6.93. The number of hydrogen-bond acceptors (Lipinski definition) is 3. The van der Waals surface area contributed by atoms with E-state index in [1.807, 2.05) is 43.3 Å². The molecule has 0 atom stereocenters. The minimum Gasteiger partial charge on any atom is -0.494 e. The molecule has 0 aliphatic carbocycles. The molecule has 33 heavy (non-hydrogen) atoms. The number of ether oxygens (including phenoxy) is 1. The largest absolute Gasteiger partial charge is 0.494 e. The monoisotopic (exact) mass is 442 g/mol. The van der Waals surface area contributed by atoms with E-state index in [4.69, 9.17) is 4.74 Å². The number of benzene rings is 3. The highest BCUT2D eigenvalue weighted by atomic mass is 16.5. The normalized spacial score (nSPS) is 14.7. The third-order valence-corrected chi connectivity index (χ3v) is 6.38. The van der Waals surface area contributed by atoms with Crippen molar-refractivity contribution in [2.24, 2.45) is 5.92 Å². The number of carbonyl (C=O) groups excluding carboxylic acids is 1. The third-order valence-electron chi connectivity index (χ3n) is 6.38. The van der Waals surface area contributed by atoms with Gasteiger partial charge in [0.2, 0.25) is 0 Å². The van der Waals surface area contributed by atoms with E-state index < -0.39 is 0 Å². The fraction of sp³-hybridized carbons (Fsp3) is 0.345. The van der Waals surface area contributed by atoms with Crippen LogP contribution in [0.5, 0.6) is 5.75 Å². The molecule has 0 spiro atoms. The Bertz CT molecular complexity index is 992. The van der Waals surface area contributed by atoms with E-state index in [0.717, 1.165) is 36.9 Å². The van der Waals surface area contributed by atoms with Crippen LogP contribution in [0.25, 0.3) is 0 Å². The van der Waals surface area contributed by atoms with Gasteiger partial charge in [0.15, 0.2) is 0 Å². The average Bonchev–Trinajstić information content (AvgIpc) is 2.86. The Labute approximate surface area is 197 Å². The van der Waals surface area contributed by atoms with Crippen LogP contribution in [0.4, 0.5) is 0 Å². The highest BCUT2D eigenvalue weighted by Gasteiger charge is 2.19. The van der Waals surface area contributed by atoms with Gasteiger partial charge >= 0.3 is 0 Å². The van der Waals surface area contributed by atoms with Gasteiger partial charge < -0.3 is 10.1 Å². The Balaban J connectivity index is 1.21. The van der Waals surface area contributed by atoms with Crippen molar-refractivity contribution in [2.75, 3.05) is 19.7 Å². The van der Waals surface area contributed by atoms with E-state index in [-0.39, 0.29) is 5.91 Å². The first-order valence-corrected chi connectivity index (χ1v) is 12.0. The van der Waals surface area contributed by atoms with Crippen LogP contribution in [0.3, 0.4) is 0 Å². The van der Waals surface area contributed by atoms with Crippen molar-refractivity contribution >= 4 is 5.91 Å². The lowest BCUT2D eigenvalue weighted by Crippen LogP contribution is -2.33. The number of nitrogens with one attached hydrogen (secondary N) is 1. The van der Waals surface area contributed by atoms with E-state index in [9.17, 15) is 4.79 Å². The maximum absolute atomic E-state index is 12.5. The van der Waals surface area contributed by atoms with Gasteiger partial charge in [-0.1, -0.05) is 54.6 Å². The second-order valence-electron chi connectivity index (χ2n) is 8.87. The van der Waals surface area contributed by atoms with Crippen LogP contribution in [-0.2, 0) is 19.5 Å². The summed E-state index contributed by atoms with van der Waals surface area (Å²) >= 11 is 0. The molecule has 0 bridgehead atoms. The Morgan fingerprint density at radius 2 is 1.55 bits per heavy atom. The minimum atomic E-state index is -0.0443. The number of hydrogen-bond donors (Lipinski definition) is 1. The van der Waals surface area contributed by atoms with Crippen LogP contribution in [0.1, 0.15) is 46.8 Å². The Morgan fingerprint density at radius 1 is 0.879 bits per heavy atom. The van der Waals surface area contributed by atoms with E-state index in [1.54, 1.807) is 0 Å². The van der Waals surface area contributed by atoms with Crippen LogP contribution >= 0.6 is 0 Å². The van der Waals surface area contributed by atoms with Crippen molar-refractivity contribution in [1.82, 2.24) is 10.2 Å². The van der Waals surface area contributed by atoms with Crippen LogP contribution < -0.4 is 10.1 Å². The standard InChI is InChI=1S/C29H34N2O2/c1-2-33-28-14-10-25(11-15-28)21-30-29(32)27-12-8-26(9-13-27)22-31-18-16-24(17-19-31)20-23-6-4-3-5-7-23/h3-15,24H,2,16-22H2,1H3,(H,30,32). The Morgan fingerprint density at radius 3 is 2.21 bits per heavy atom. The maximum atomic E-state index is 12.5. The molecule has 1 heterocycles. The molecule has 1 aliphatic rings. The predicted octanol–water partition coefficient (Wildman–Crippen LogP) is 5.47.